The second kappa shape index (κ2) is 11.6. The van der Waals surface area contributed by atoms with Crippen molar-refractivity contribution in [2.24, 2.45) is 5.92 Å². The van der Waals surface area contributed by atoms with Gasteiger partial charge in [0.1, 0.15) is 11.6 Å². The van der Waals surface area contributed by atoms with E-state index in [1.165, 1.54) is 70.3 Å². The summed E-state index contributed by atoms with van der Waals surface area (Å²) in [6.07, 6.45) is 13.2. The van der Waals surface area contributed by atoms with Crippen LogP contribution in [0.5, 0.6) is 0 Å². The molecule has 0 radical (unpaired) electrons. The van der Waals surface area contributed by atoms with Gasteiger partial charge in [-0.05, 0) is 24.0 Å². The second-order valence-corrected chi connectivity index (χ2v) is 6.50. The lowest BCUT2D eigenvalue weighted by atomic mass is 9.89. The van der Waals surface area contributed by atoms with E-state index in [0.717, 1.165) is 12.5 Å². The number of benzene rings is 1. The molecule has 0 aliphatic rings. The smallest absolute Gasteiger partial charge is 0.129 e. The van der Waals surface area contributed by atoms with Gasteiger partial charge in [-0.3, -0.25) is 0 Å². The van der Waals surface area contributed by atoms with Crippen LogP contribution in [0.15, 0.2) is 18.2 Å². The maximum Gasteiger partial charge on any atom is 0.129 e. The summed E-state index contributed by atoms with van der Waals surface area (Å²) in [5.74, 6) is -0.331. The average Bonchev–Trinajstić information content (AvgIpc) is 2.49. The van der Waals surface area contributed by atoms with E-state index in [1.54, 1.807) is 6.07 Å². The van der Waals surface area contributed by atoms with Crippen LogP contribution in [0.4, 0.5) is 8.78 Å². The molecule has 0 aliphatic carbocycles. The molecule has 0 aromatic heterocycles. The monoisotopic (exact) mass is 310 g/mol. The van der Waals surface area contributed by atoms with Gasteiger partial charge in [0, 0.05) is 6.07 Å². The summed E-state index contributed by atoms with van der Waals surface area (Å²) in [4.78, 5) is 0. The lowest BCUT2D eigenvalue weighted by molar-refractivity contribution is 0.399. The highest BCUT2D eigenvalue weighted by Crippen LogP contribution is 2.24. The molecule has 1 aromatic carbocycles. The predicted molar refractivity (Wildman–Crippen MR) is 91.1 cm³/mol. The summed E-state index contributed by atoms with van der Waals surface area (Å²) in [6.45, 7) is 4.43. The molecular formula is C20H32F2. The molecule has 0 amide bonds. The Bertz CT molecular complexity index is 401. The van der Waals surface area contributed by atoms with Crippen LogP contribution in [-0.4, -0.2) is 0 Å². The quantitative estimate of drug-likeness (QED) is 0.362. The Balaban J connectivity index is 2.48. The summed E-state index contributed by atoms with van der Waals surface area (Å²) in [5.41, 5.74) is 0.677. The molecular weight excluding hydrogens is 278 g/mol. The Hall–Kier alpha value is -0.920. The molecule has 1 atom stereocenters. The van der Waals surface area contributed by atoms with E-state index in [9.17, 15) is 8.78 Å². The number of halogens is 2. The SMILES string of the molecule is CCCCCCCC(CCCCC)Cc1ccc(F)cc1F. The fraction of sp³-hybridized carbons (Fsp3) is 0.700. The van der Waals surface area contributed by atoms with Gasteiger partial charge in [0.05, 0.1) is 0 Å². The third-order valence-electron chi connectivity index (χ3n) is 4.46. The number of hydrogen-bond acceptors (Lipinski definition) is 0. The molecule has 0 bridgehead atoms. The first-order valence-electron chi connectivity index (χ1n) is 9.11. The minimum atomic E-state index is -0.483. The topological polar surface area (TPSA) is 0 Å². The van der Waals surface area contributed by atoms with Gasteiger partial charge in [0.25, 0.3) is 0 Å². The van der Waals surface area contributed by atoms with Crippen molar-refractivity contribution in [3.63, 3.8) is 0 Å². The number of rotatable bonds is 12. The van der Waals surface area contributed by atoms with E-state index in [4.69, 9.17) is 0 Å². The molecule has 0 saturated heterocycles. The molecule has 0 nitrogen and oxygen atoms in total. The lowest BCUT2D eigenvalue weighted by Crippen LogP contribution is -2.07. The summed E-state index contributed by atoms with van der Waals surface area (Å²) in [6, 6.07) is 4.01. The summed E-state index contributed by atoms with van der Waals surface area (Å²) >= 11 is 0. The Morgan fingerprint density at radius 3 is 2.05 bits per heavy atom. The van der Waals surface area contributed by atoms with E-state index in [-0.39, 0.29) is 5.82 Å². The Morgan fingerprint density at radius 1 is 0.818 bits per heavy atom. The van der Waals surface area contributed by atoms with Gasteiger partial charge >= 0.3 is 0 Å². The predicted octanol–water partition coefficient (Wildman–Crippen LogP) is 7.06. The average molecular weight is 310 g/mol. The van der Waals surface area contributed by atoms with E-state index >= 15 is 0 Å². The highest BCUT2D eigenvalue weighted by atomic mass is 19.1. The molecule has 0 N–H and O–H groups in total. The van der Waals surface area contributed by atoms with Gasteiger partial charge in [-0.15, -0.1) is 0 Å². The van der Waals surface area contributed by atoms with Crippen molar-refractivity contribution in [1.29, 1.82) is 0 Å². The van der Waals surface area contributed by atoms with Gasteiger partial charge in [0.15, 0.2) is 0 Å². The van der Waals surface area contributed by atoms with E-state index in [2.05, 4.69) is 13.8 Å². The molecule has 22 heavy (non-hydrogen) atoms. The fourth-order valence-electron chi connectivity index (χ4n) is 3.07. The van der Waals surface area contributed by atoms with Gasteiger partial charge in [-0.1, -0.05) is 84.1 Å². The van der Waals surface area contributed by atoms with Crippen molar-refractivity contribution in [3.8, 4) is 0 Å². The Morgan fingerprint density at radius 2 is 1.41 bits per heavy atom. The largest absolute Gasteiger partial charge is 0.207 e. The van der Waals surface area contributed by atoms with Gasteiger partial charge in [-0.2, -0.15) is 0 Å². The molecule has 0 aliphatic heterocycles. The van der Waals surface area contributed by atoms with Crippen LogP contribution < -0.4 is 0 Å². The first-order valence-corrected chi connectivity index (χ1v) is 9.11. The van der Waals surface area contributed by atoms with Crippen molar-refractivity contribution in [2.75, 3.05) is 0 Å². The van der Waals surface area contributed by atoms with Crippen LogP contribution in [0, 0.1) is 17.6 Å². The Kier molecular flexibility index (Phi) is 10.1. The van der Waals surface area contributed by atoms with Gasteiger partial charge < -0.3 is 0 Å². The third kappa shape index (κ3) is 7.91. The zero-order valence-electron chi connectivity index (χ0n) is 14.3. The second-order valence-electron chi connectivity index (χ2n) is 6.50. The molecule has 0 saturated carbocycles. The maximum atomic E-state index is 13.8. The maximum absolute atomic E-state index is 13.8. The van der Waals surface area contributed by atoms with Gasteiger partial charge in [0.2, 0.25) is 0 Å². The molecule has 126 valence electrons. The van der Waals surface area contributed by atoms with Crippen LogP contribution in [0.1, 0.15) is 83.6 Å². The van der Waals surface area contributed by atoms with Crippen molar-refractivity contribution in [3.05, 3.63) is 35.4 Å². The zero-order chi connectivity index (χ0) is 16.2. The standard InChI is InChI=1S/C20H32F2/c1-3-5-7-8-10-12-17(11-9-6-4-2)15-18-13-14-19(21)16-20(18)22/h13-14,16-17H,3-12,15H2,1-2H3. The summed E-state index contributed by atoms with van der Waals surface area (Å²) < 4.78 is 26.9. The third-order valence-corrected chi connectivity index (χ3v) is 4.46. The van der Waals surface area contributed by atoms with E-state index < -0.39 is 5.82 Å². The molecule has 1 aromatic rings. The molecule has 0 spiro atoms. The number of hydrogen-bond donors (Lipinski definition) is 0. The lowest BCUT2D eigenvalue weighted by Gasteiger charge is -2.17. The van der Waals surface area contributed by atoms with Crippen molar-refractivity contribution < 1.29 is 8.78 Å². The van der Waals surface area contributed by atoms with Crippen LogP contribution in [0.2, 0.25) is 0 Å². The minimum Gasteiger partial charge on any atom is -0.207 e. The van der Waals surface area contributed by atoms with Crippen LogP contribution in [0.25, 0.3) is 0 Å². The zero-order valence-corrected chi connectivity index (χ0v) is 14.3. The van der Waals surface area contributed by atoms with Crippen molar-refractivity contribution in [1.82, 2.24) is 0 Å². The molecule has 0 heterocycles. The van der Waals surface area contributed by atoms with E-state index in [1.807, 2.05) is 0 Å². The minimum absolute atomic E-state index is 0.383. The van der Waals surface area contributed by atoms with Gasteiger partial charge in [-0.25, -0.2) is 8.78 Å². The van der Waals surface area contributed by atoms with Crippen LogP contribution >= 0.6 is 0 Å². The van der Waals surface area contributed by atoms with Crippen molar-refractivity contribution in [2.45, 2.75) is 84.5 Å². The summed E-state index contributed by atoms with van der Waals surface area (Å²) in [7, 11) is 0. The summed E-state index contributed by atoms with van der Waals surface area (Å²) in [5, 5.41) is 0. The first kappa shape index (κ1) is 19.1. The highest BCUT2D eigenvalue weighted by Gasteiger charge is 2.13. The van der Waals surface area contributed by atoms with Crippen LogP contribution in [0.3, 0.4) is 0 Å². The van der Waals surface area contributed by atoms with Crippen molar-refractivity contribution >= 4 is 0 Å². The molecule has 0 fully saturated rings. The highest BCUT2D eigenvalue weighted by molar-refractivity contribution is 5.19. The van der Waals surface area contributed by atoms with Crippen LogP contribution in [-0.2, 0) is 6.42 Å². The Labute approximate surface area is 135 Å². The molecule has 2 heteroatoms. The number of unbranched alkanes of at least 4 members (excludes halogenated alkanes) is 6. The van der Waals surface area contributed by atoms with E-state index in [0.29, 0.717) is 11.5 Å². The fourth-order valence-corrected chi connectivity index (χ4v) is 3.07. The first-order chi connectivity index (χ1) is 10.7. The normalized spacial score (nSPS) is 12.5. The molecule has 1 rings (SSSR count). The molecule has 1 unspecified atom stereocenters.